The lowest BCUT2D eigenvalue weighted by molar-refractivity contribution is 0.0839. The maximum absolute atomic E-state index is 5.75. The molecule has 5 nitrogen and oxygen atoms in total. The highest BCUT2D eigenvalue weighted by molar-refractivity contribution is 5.48. The van der Waals surface area contributed by atoms with Crippen LogP contribution >= 0.6 is 0 Å². The first-order valence-corrected chi connectivity index (χ1v) is 11.7. The zero-order chi connectivity index (χ0) is 21.0. The van der Waals surface area contributed by atoms with Gasteiger partial charge >= 0.3 is 0 Å². The van der Waals surface area contributed by atoms with Crippen LogP contribution in [-0.2, 0) is 24.1 Å². The zero-order valence-electron chi connectivity index (χ0n) is 18.6. The van der Waals surface area contributed by atoms with Gasteiger partial charge in [0, 0.05) is 44.9 Å². The van der Waals surface area contributed by atoms with Crippen molar-refractivity contribution in [2.24, 2.45) is 5.92 Å². The molecule has 0 radical (unpaired) electrons. The van der Waals surface area contributed by atoms with E-state index in [9.17, 15) is 0 Å². The molecular formula is C26H34N2O3. The molecule has 3 aliphatic rings. The molecule has 1 saturated heterocycles. The van der Waals surface area contributed by atoms with Gasteiger partial charge in [-0.05, 0) is 55.3 Å². The second-order valence-corrected chi connectivity index (χ2v) is 9.21. The van der Waals surface area contributed by atoms with E-state index in [-0.39, 0.29) is 0 Å². The van der Waals surface area contributed by atoms with Gasteiger partial charge in [-0.25, -0.2) is 0 Å². The van der Waals surface area contributed by atoms with Crippen molar-refractivity contribution in [3.63, 3.8) is 0 Å². The molecule has 2 aromatic carbocycles. The molecule has 0 spiro atoms. The van der Waals surface area contributed by atoms with Crippen LogP contribution in [0.4, 0.5) is 0 Å². The Labute approximate surface area is 185 Å². The molecule has 31 heavy (non-hydrogen) atoms. The molecule has 0 saturated carbocycles. The molecule has 0 aromatic heterocycles. The van der Waals surface area contributed by atoms with Crippen LogP contribution in [0.2, 0.25) is 0 Å². The normalized spacial score (nSPS) is 21.0. The maximum atomic E-state index is 5.75. The van der Waals surface area contributed by atoms with Gasteiger partial charge in [0.1, 0.15) is 0 Å². The first kappa shape index (κ1) is 20.8. The minimum absolute atomic E-state index is 0.325. The number of piperidine rings is 1. The SMILES string of the molecule is COCCN(Cc1cccc2c1OCO2)C[C@@H]1CCCN(C2Cc3ccccc3C2)C1. The van der Waals surface area contributed by atoms with Crippen LogP contribution in [0.15, 0.2) is 42.5 Å². The topological polar surface area (TPSA) is 34.2 Å². The Hall–Kier alpha value is -2.08. The van der Waals surface area contributed by atoms with Crippen molar-refractivity contribution in [3.05, 3.63) is 59.2 Å². The van der Waals surface area contributed by atoms with E-state index in [1.54, 1.807) is 18.2 Å². The van der Waals surface area contributed by atoms with Crippen molar-refractivity contribution < 1.29 is 14.2 Å². The van der Waals surface area contributed by atoms with Crippen LogP contribution in [0.1, 0.15) is 29.5 Å². The summed E-state index contributed by atoms with van der Waals surface area (Å²) in [6.07, 6.45) is 5.03. The van der Waals surface area contributed by atoms with E-state index in [0.29, 0.717) is 18.8 Å². The molecule has 2 aliphatic heterocycles. The van der Waals surface area contributed by atoms with E-state index in [1.165, 1.54) is 44.3 Å². The summed E-state index contributed by atoms with van der Waals surface area (Å²) < 4.78 is 16.8. The highest BCUT2D eigenvalue weighted by atomic mass is 16.7. The van der Waals surface area contributed by atoms with Crippen molar-refractivity contribution in [1.29, 1.82) is 0 Å². The minimum atomic E-state index is 0.325. The monoisotopic (exact) mass is 422 g/mol. The van der Waals surface area contributed by atoms with E-state index < -0.39 is 0 Å². The first-order valence-electron chi connectivity index (χ1n) is 11.7. The van der Waals surface area contributed by atoms with E-state index in [2.05, 4.69) is 46.2 Å². The predicted octanol–water partition coefficient (Wildman–Crippen LogP) is 3.74. The fourth-order valence-corrected chi connectivity index (χ4v) is 5.55. The minimum Gasteiger partial charge on any atom is -0.454 e. The van der Waals surface area contributed by atoms with Crippen LogP contribution in [0.3, 0.4) is 0 Å². The standard InChI is InChI=1S/C26H34N2O3/c1-29-13-12-27(18-23-9-4-10-25-26(23)31-19-30-25)16-20-6-5-11-28(17-20)24-14-21-7-2-3-8-22(21)15-24/h2-4,7-10,20,24H,5-6,11-19H2,1H3/t20-/m0/s1. The molecular weight excluding hydrogens is 388 g/mol. The fraction of sp³-hybridized carbons (Fsp3) is 0.538. The molecule has 0 unspecified atom stereocenters. The Morgan fingerprint density at radius 1 is 1.06 bits per heavy atom. The first-order chi connectivity index (χ1) is 15.3. The Bertz CT molecular complexity index is 862. The maximum Gasteiger partial charge on any atom is 0.231 e. The fourth-order valence-electron chi connectivity index (χ4n) is 5.55. The third kappa shape index (κ3) is 4.74. The van der Waals surface area contributed by atoms with Crippen LogP contribution < -0.4 is 9.47 Å². The van der Waals surface area contributed by atoms with Crippen LogP contribution in [0.25, 0.3) is 0 Å². The van der Waals surface area contributed by atoms with Crippen molar-refractivity contribution in [1.82, 2.24) is 9.80 Å². The van der Waals surface area contributed by atoms with Crippen molar-refractivity contribution >= 4 is 0 Å². The number of fused-ring (bicyclic) bond motifs is 2. The van der Waals surface area contributed by atoms with Gasteiger partial charge in [0.05, 0.1) is 6.61 Å². The Balaban J connectivity index is 1.22. The smallest absolute Gasteiger partial charge is 0.231 e. The van der Waals surface area contributed by atoms with E-state index in [4.69, 9.17) is 14.2 Å². The molecule has 1 aliphatic carbocycles. The summed E-state index contributed by atoms with van der Waals surface area (Å²) in [6.45, 7) is 6.43. The summed E-state index contributed by atoms with van der Waals surface area (Å²) in [7, 11) is 1.79. The quantitative estimate of drug-likeness (QED) is 0.647. The molecule has 2 heterocycles. The predicted molar refractivity (Wildman–Crippen MR) is 122 cm³/mol. The van der Waals surface area contributed by atoms with Crippen LogP contribution in [-0.4, -0.2) is 62.5 Å². The lowest BCUT2D eigenvalue weighted by Crippen LogP contribution is -2.46. The van der Waals surface area contributed by atoms with Gasteiger partial charge in [0.15, 0.2) is 11.5 Å². The average Bonchev–Trinajstić information content (AvgIpc) is 3.45. The third-order valence-corrected chi connectivity index (χ3v) is 7.10. The van der Waals surface area contributed by atoms with Gasteiger partial charge < -0.3 is 14.2 Å². The number of rotatable bonds is 8. The van der Waals surface area contributed by atoms with Gasteiger partial charge in [0.25, 0.3) is 0 Å². The summed E-state index contributed by atoms with van der Waals surface area (Å²) >= 11 is 0. The highest BCUT2D eigenvalue weighted by Gasteiger charge is 2.31. The number of likely N-dealkylation sites (tertiary alicyclic amines) is 1. The summed E-state index contributed by atoms with van der Waals surface area (Å²) in [4.78, 5) is 5.30. The lowest BCUT2D eigenvalue weighted by Gasteiger charge is -2.39. The Morgan fingerprint density at radius 2 is 1.90 bits per heavy atom. The van der Waals surface area contributed by atoms with Crippen molar-refractivity contribution in [2.45, 2.75) is 38.3 Å². The Morgan fingerprint density at radius 3 is 2.71 bits per heavy atom. The molecule has 166 valence electrons. The number of benzene rings is 2. The molecule has 0 bridgehead atoms. The summed E-state index contributed by atoms with van der Waals surface area (Å²) in [5, 5.41) is 0. The molecule has 1 fully saturated rings. The molecule has 1 atom stereocenters. The molecule has 0 N–H and O–H groups in total. The number of hydrogen-bond acceptors (Lipinski definition) is 5. The van der Waals surface area contributed by atoms with Gasteiger partial charge in [0.2, 0.25) is 6.79 Å². The zero-order valence-corrected chi connectivity index (χ0v) is 18.6. The largest absolute Gasteiger partial charge is 0.454 e. The van der Waals surface area contributed by atoms with E-state index in [0.717, 1.165) is 37.7 Å². The molecule has 5 rings (SSSR count). The van der Waals surface area contributed by atoms with Gasteiger partial charge in [-0.1, -0.05) is 36.4 Å². The van der Waals surface area contributed by atoms with Gasteiger partial charge in [-0.2, -0.15) is 0 Å². The molecule has 2 aromatic rings. The summed E-state index contributed by atoms with van der Waals surface area (Å²) in [5.74, 6) is 2.48. The number of methoxy groups -OCH3 is 1. The van der Waals surface area contributed by atoms with Gasteiger partial charge in [-0.3, -0.25) is 9.80 Å². The summed E-state index contributed by atoms with van der Waals surface area (Å²) in [5.41, 5.74) is 4.32. The number of ether oxygens (including phenoxy) is 3. The average molecular weight is 423 g/mol. The summed E-state index contributed by atoms with van der Waals surface area (Å²) in [6, 6.07) is 15.9. The molecule has 0 amide bonds. The van der Waals surface area contributed by atoms with Gasteiger partial charge in [-0.15, -0.1) is 0 Å². The number of hydrogen-bond donors (Lipinski definition) is 0. The van der Waals surface area contributed by atoms with Crippen LogP contribution in [0.5, 0.6) is 11.5 Å². The third-order valence-electron chi connectivity index (χ3n) is 7.10. The number of nitrogens with zero attached hydrogens (tertiary/aromatic N) is 2. The van der Waals surface area contributed by atoms with Crippen LogP contribution in [0, 0.1) is 5.92 Å². The van der Waals surface area contributed by atoms with Crippen molar-refractivity contribution in [2.75, 3.05) is 46.7 Å². The van der Waals surface area contributed by atoms with Crippen molar-refractivity contribution in [3.8, 4) is 11.5 Å². The highest BCUT2D eigenvalue weighted by Crippen LogP contribution is 2.36. The Kier molecular flexibility index (Phi) is 6.44. The number of para-hydroxylation sites is 1. The van der Waals surface area contributed by atoms with E-state index >= 15 is 0 Å². The second-order valence-electron chi connectivity index (χ2n) is 9.21. The molecule has 5 heteroatoms. The van der Waals surface area contributed by atoms with E-state index in [1.807, 2.05) is 6.07 Å². The second kappa shape index (κ2) is 9.60. The lowest BCUT2D eigenvalue weighted by atomic mass is 9.95.